The SMILES string of the molecule is CSc1cccc(CN[C@@H]2CCCc3c2cnn3-c2ccccn2)c1. The topological polar surface area (TPSA) is 42.7 Å². The van der Waals surface area contributed by atoms with Crippen LogP contribution in [-0.4, -0.2) is 21.0 Å². The maximum absolute atomic E-state index is 4.61. The minimum atomic E-state index is 0.360. The van der Waals surface area contributed by atoms with Gasteiger partial charge in [0.2, 0.25) is 0 Å². The molecule has 0 radical (unpaired) electrons. The summed E-state index contributed by atoms with van der Waals surface area (Å²) >= 11 is 1.79. The summed E-state index contributed by atoms with van der Waals surface area (Å²) in [5.74, 6) is 0.900. The van der Waals surface area contributed by atoms with E-state index in [4.69, 9.17) is 0 Å². The Morgan fingerprint density at radius 1 is 1.24 bits per heavy atom. The monoisotopic (exact) mass is 350 g/mol. The van der Waals surface area contributed by atoms with Crippen molar-refractivity contribution in [2.45, 2.75) is 36.7 Å². The number of thioether (sulfide) groups is 1. The summed E-state index contributed by atoms with van der Waals surface area (Å²) < 4.78 is 2.00. The van der Waals surface area contributed by atoms with E-state index in [9.17, 15) is 0 Å². The Hall–Kier alpha value is -2.11. The highest BCUT2D eigenvalue weighted by Crippen LogP contribution is 2.31. The van der Waals surface area contributed by atoms with Crippen molar-refractivity contribution >= 4 is 11.8 Å². The van der Waals surface area contributed by atoms with Gasteiger partial charge in [0, 0.05) is 29.2 Å². The fourth-order valence-corrected chi connectivity index (χ4v) is 3.95. The number of nitrogens with one attached hydrogen (secondary N) is 1. The summed E-state index contributed by atoms with van der Waals surface area (Å²) in [7, 11) is 0. The van der Waals surface area contributed by atoms with E-state index in [0.29, 0.717) is 6.04 Å². The summed E-state index contributed by atoms with van der Waals surface area (Å²) in [5, 5.41) is 8.34. The fraction of sp³-hybridized carbons (Fsp3) is 0.300. The predicted molar refractivity (Wildman–Crippen MR) is 102 cm³/mol. The molecule has 4 nitrogen and oxygen atoms in total. The van der Waals surface area contributed by atoms with Crippen LogP contribution in [0.15, 0.2) is 59.8 Å². The molecule has 0 fully saturated rings. The Bertz CT molecular complexity index is 844. The maximum atomic E-state index is 4.61. The average Bonchev–Trinajstić information content (AvgIpc) is 3.12. The Kier molecular flexibility index (Phi) is 4.85. The van der Waals surface area contributed by atoms with E-state index in [1.165, 1.54) is 28.1 Å². The zero-order chi connectivity index (χ0) is 17.1. The molecule has 5 heteroatoms. The van der Waals surface area contributed by atoms with Crippen LogP contribution in [0.3, 0.4) is 0 Å². The van der Waals surface area contributed by atoms with Gasteiger partial charge in [0.15, 0.2) is 5.82 Å². The standard InChI is InChI=1S/C20H22N4S/c1-25-16-7-4-6-15(12-16)13-22-18-8-5-9-19-17(18)14-23-24(19)20-10-2-3-11-21-20/h2-4,6-7,10-12,14,18,22H,5,8-9,13H2,1H3/t18-/m1/s1. The quantitative estimate of drug-likeness (QED) is 0.702. The van der Waals surface area contributed by atoms with E-state index in [2.05, 4.69) is 45.9 Å². The molecule has 0 amide bonds. The van der Waals surface area contributed by atoms with Gasteiger partial charge in [-0.1, -0.05) is 18.2 Å². The molecule has 0 saturated heterocycles. The summed E-state index contributed by atoms with van der Waals surface area (Å²) in [4.78, 5) is 5.76. The van der Waals surface area contributed by atoms with Crippen molar-refractivity contribution in [1.29, 1.82) is 0 Å². The second kappa shape index (κ2) is 7.42. The molecule has 0 spiro atoms. The molecular weight excluding hydrogens is 328 g/mol. The van der Waals surface area contributed by atoms with E-state index < -0.39 is 0 Å². The molecule has 2 heterocycles. The van der Waals surface area contributed by atoms with Gasteiger partial charge in [-0.3, -0.25) is 0 Å². The smallest absolute Gasteiger partial charge is 0.153 e. The summed E-state index contributed by atoms with van der Waals surface area (Å²) in [5.41, 5.74) is 3.94. The van der Waals surface area contributed by atoms with Crippen LogP contribution in [-0.2, 0) is 13.0 Å². The van der Waals surface area contributed by atoms with Crippen LogP contribution in [0, 0.1) is 0 Å². The number of nitrogens with zero attached hydrogens (tertiary/aromatic N) is 3. The Balaban J connectivity index is 1.53. The van der Waals surface area contributed by atoms with Crippen molar-refractivity contribution in [2.24, 2.45) is 0 Å². The number of aromatic nitrogens is 3. The van der Waals surface area contributed by atoms with Crippen LogP contribution < -0.4 is 5.32 Å². The van der Waals surface area contributed by atoms with Gasteiger partial charge in [-0.2, -0.15) is 5.10 Å². The lowest BCUT2D eigenvalue weighted by Gasteiger charge is -2.24. The minimum Gasteiger partial charge on any atom is -0.306 e. The van der Waals surface area contributed by atoms with Gasteiger partial charge in [-0.05, 0) is 55.3 Å². The van der Waals surface area contributed by atoms with E-state index in [0.717, 1.165) is 25.2 Å². The first-order valence-corrected chi connectivity index (χ1v) is 9.92. The Labute approximate surface area is 152 Å². The molecule has 2 aromatic heterocycles. The van der Waals surface area contributed by atoms with E-state index >= 15 is 0 Å². The lowest BCUT2D eigenvalue weighted by Crippen LogP contribution is -2.25. The number of rotatable bonds is 5. The van der Waals surface area contributed by atoms with Crippen molar-refractivity contribution in [3.8, 4) is 5.82 Å². The molecular formula is C20H22N4S. The second-order valence-electron chi connectivity index (χ2n) is 6.32. The third-order valence-corrected chi connectivity index (χ3v) is 5.46. The number of hydrogen-bond donors (Lipinski definition) is 1. The Morgan fingerprint density at radius 2 is 2.20 bits per heavy atom. The van der Waals surface area contributed by atoms with Gasteiger partial charge in [0.25, 0.3) is 0 Å². The molecule has 3 aromatic rings. The highest BCUT2D eigenvalue weighted by Gasteiger charge is 2.24. The number of pyridine rings is 1. The van der Waals surface area contributed by atoms with Crippen LogP contribution >= 0.6 is 11.8 Å². The highest BCUT2D eigenvalue weighted by molar-refractivity contribution is 7.98. The zero-order valence-electron chi connectivity index (χ0n) is 14.4. The van der Waals surface area contributed by atoms with Gasteiger partial charge in [0.1, 0.15) is 0 Å². The lowest BCUT2D eigenvalue weighted by atomic mass is 9.93. The molecule has 1 aliphatic carbocycles. The molecule has 1 aromatic carbocycles. The number of hydrogen-bond acceptors (Lipinski definition) is 4. The Morgan fingerprint density at radius 3 is 3.04 bits per heavy atom. The molecule has 1 aliphatic rings. The molecule has 4 rings (SSSR count). The normalized spacial score (nSPS) is 16.6. The fourth-order valence-electron chi connectivity index (χ4n) is 3.47. The summed E-state index contributed by atoms with van der Waals surface area (Å²) in [6.07, 6.45) is 9.34. The first kappa shape index (κ1) is 16.4. The van der Waals surface area contributed by atoms with Crippen molar-refractivity contribution in [1.82, 2.24) is 20.1 Å². The largest absolute Gasteiger partial charge is 0.306 e. The number of fused-ring (bicyclic) bond motifs is 1. The van der Waals surface area contributed by atoms with Crippen molar-refractivity contribution < 1.29 is 0 Å². The van der Waals surface area contributed by atoms with Gasteiger partial charge in [-0.25, -0.2) is 9.67 Å². The van der Waals surface area contributed by atoms with Crippen molar-refractivity contribution in [2.75, 3.05) is 6.26 Å². The van der Waals surface area contributed by atoms with Crippen LogP contribution in [0.25, 0.3) is 5.82 Å². The first-order chi connectivity index (χ1) is 12.3. The van der Waals surface area contributed by atoms with E-state index in [-0.39, 0.29) is 0 Å². The van der Waals surface area contributed by atoms with Crippen LogP contribution in [0.1, 0.15) is 35.7 Å². The van der Waals surface area contributed by atoms with E-state index in [1.807, 2.05) is 35.3 Å². The van der Waals surface area contributed by atoms with Crippen LogP contribution in [0.5, 0.6) is 0 Å². The molecule has 0 aliphatic heterocycles. The van der Waals surface area contributed by atoms with Crippen LogP contribution in [0.4, 0.5) is 0 Å². The molecule has 1 atom stereocenters. The highest BCUT2D eigenvalue weighted by atomic mass is 32.2. The van der Waals surface area contributed by atoms with Crippen molar-refractivity contribution in [3.05, 3.63) is 71.7 Å². The third-order valence-electron chi connectivity index (χ3n) is 4.74. The second-order valence-corrected chi connectivity index (χ2v) is 7.20. The molecule has 0 saturated carbocycles. The molecule has 25 heavy (non-hydrogen) atoms. The molecule has 1 N–H and O–H groups in total. The third kappa shape index (κ3) is 3.48. The maximum Gasteiger partial charge on any atom is 0.153 e. The van der Waals surface area contributed by atoms with Crippen LogP contribution in [0.2, 0.25) is 0 Å². The minimum absolute atomic E-state index is 0.360. The molecule has 128 valence electrons. The lowest BCUT2D eigenvalue weighted by molar-refractivity contribution is 0.454. The van der Waals surface area contributed by atoms with Gasteiger partial charge in [0.05, 0.1) is 11.9 Å². The molecule has 0 bridgehead atoms. The van der Waals surface area contributed by atoms with Crippen molar-refractivity contribution in [3.63, 3.8) is 0 Å². The molecule has 0 unspecified atom stereocenters. The summed E-state index contributed by atoms with van der Waals surface area (Å²) in [6, 6.07) is 15.1. The van der Waals surface area contributed by atoms with Gasteiger partial charge >= 0.3 is 0 Å². The van der Waals surface area contributed by atoms with Gasteiger partial charge < -0.3 is 5.32 Å². The summed E-state index contributed by atoms with van der Waals surface area (Å²) in [6.45, 7) is 0.882. The zero-order valence-corrected chi connectivity index (χ0v) is 15.2. The van der Waals surface area contributed by atoms with Gasteiger partial charge in [-0.15, -0.1) is 11.8 Å². The van der Waals surface area contributed by atoms with E-state index in [1.54, 1.807) is 11.8 Å². The average molecular weight is 350 g/mol. The first-order valence-electron chi connectivity index (χ1n) is 8.69. The number of benzene rings is 1. The predicted octanol–water partition coefficient (Wildman–Crippen LogP) is 4.16.